The summed E-state index contributed by atoms with van der Waals surface area (Å²) in [5.41, 5.74) is 2.61. The number of morpholine rings is 1. The van der Waals surface area contributed by atoms with E-state index in [4.69, 9.17) is 4.74 Å². The minimum atomic E-state index is -0.454. The highest BCUT2D eigenvalue weighted by Crippen LogP contribution is 2.18. The van der Waals surface area contributed by atoms with Crippen LogP contribution >= 0.6 is 0 Å². The van der Waals surface area contributed by atoms with Crippen molar-refractivity contribution in [2.45, 2.75) is 13.5 Å². The number of carbonyl (C=O) groups is 1. The van der Waals surface area contributed by atoms with Crippen LogP contribution in [-0.2, 0) is 11.3 Å². The maximum absolute atomic E-state index is 12.8. The summed E-state index contributed by atoms with van der Waals surface area (Å²) in [4.78, 5) is 32.2. The molecule has 0 spiro atoms. The van der Waals surface area contributed by atoms with Gasteiger partial charge in [-0.15, -0.1) is 0 Å². The van der Waals surface area contributed by atoms with E-state index in [9.17, 15) is 9.59 Å². The highest BCUT2D eigenvalue weighted by molar-refractivity contribution is 6.04. The summed E-state index contributed by atoms with van der Waals surface area (Å²) in [6, 6.07) is 13.0. The van der Waals surface area contributed by atoms with Crippen molar-refractivity contribution in [2.24, 2.45) is 0 Å². The van der Waals surface area contributed by atoms with Crippen LogP contribution in [0.1, 0.15) is 21.6 Å². The van der Waals surface area contributed by atoms with Crippen LogP contribution in [0.25, 0.3) is 5.65 Å². The molecule has 1 aliphatic heterocycles. The predicted molar refractivity (Wildman–Crippen MR) is 107 cm³/mol. The molecule has 0 unspecified atom stereocenters. The van der Waals surface area contributed by atoms with Crippen molar-refractivity contribution in [3.63, 3.8) is 0 Å². The Kier molecular flexibility index (Phi) is 5.18. The molecule has 0 bridgehead atoms. The van der Waals surface area contributed by atoms with E-state index in [1.165, 1.54) is 10.6 Å². The number of amides is 1. The van der Waals surface area contributed by atoms with Crippen LogP contribution in [0.15, 0.2) is 53.5 Å². The lowest BCUT2D eigenvalue weighted by atomic mass is 10.1. The van der Waals surface area contributed by atoms with E-state index < -0.39 is 5.91 Å². The first-order chi connectivity index (χ1) is 13.6. The first-order valence-corrected chi connectivity index (χ1v) is 9.30. The van der Waals surface area contributed by atoms with Crippen LogP contribution in [0, 0.1) is 6.92 Å². The molecular formula is C21H22N4O3. The van der Waals surface area contributed by atoms with E-state index in [0.29, 0.717) is 31.1 Å². The Balaban J connectivity index is 1.61. The van der Waals surface area contributed by atoms with Crippen molar-refractivity contribution >= 4 is 17.2 Å². The number of carbonyl (C=O) groups excluding carboxylic acids is 1. The quantitative estimate of drug-likeness (QED) is 0.752. The van der Waals surface area contributed by atoms with Crippen LogP contribution in [0.5, 0.6) is 0 Å². The summed E-state index contributed by atoms with van der Waals surface area (Å²) in [6.45, 7) is 5.68. The Morgan fingerprint density at radius 1 is 1.14 bits per heavy atom. The third-order valence-electron chi connectivity index (χ3n) is 4.93. The standard InChI is InChI=1S/C21H22N4O3/c1-15-5-4-8-19-22-13-17(21(27)25(15)19)20(26)23-18-7-3-2-6-16(18)14-24-9-11-28-12-10-24/h2-8,13H,9-12,14H2,1H3,(H,23,26). The summed E-state index contributed by atoms with van der Waals surface area (Å²) >= 11 is 0. The van der Waals surface area contributed by atoms with Crippen molar-refractivity contribution in [2.75, 3.05) is 31.6 Å². The number of ether oxygens (including phenoxy) is 1. The first kappa shape index (κ1) is 18.3. The first-order valence-electron chi connectivity index (χ1n) is 9.30. The van der Waals surface area contributed by atoms with Crippen LogP contribution in [0.4, 0.5) is 5.69 Å². The lowest BCUT2D eigenvalue weighted by molar-refractivity contribution is 0.0342. The lowest BCUT2D eigenvalue weighted by Crippen LogP contribution is -2.36. The molecular weight excluding hydrogens is 356 g/mol. The maximum Gasteiger partial charge on any atom is 0.270 e. The average molecular weight is 378 g/mol. The van der Waals surface area contributed by atoms with E-state index in [2.05, 4.69) is 15.2 Å². The fourth-order valence-electron chi connectivity index (χ4n) is 3.40. The molecule has 0 radical (unpaired) electrons. The van der Waals surface area contributed by atoms with Gasteiger partial charge in [-0.3, -0.25) is 18.9 Å². The van der Waals surface area contributed by atoms with Gasteiger partial charge >= 0.3 is 0 Å². The molecule has 144 valence electrons. The molecule has 1 aromatic carbocycles. The van der Waals surface area contributed by atoms with Crippen LogP contribution in [-0.4, -0.2) is 46.5 Å². The Labute approximate surface area is 162 Å². The molecule has 1 aliphatic rings. The molecule has 3 aromatic rings. The van der Waals surface area contributed by atoms with Gasteiger partial charge in [0.2, 0.25) is 0 Å². The number of hydrogen-bond donors (Lipinski definition) is 1. The number of fused-ring (bicyclic) bond motifs is 1. The van der Waals surface area contributed by atoms with Gasteiger partial charge in [0.15, 0.2) is 0 Å². The lowest BCUT2D eigenvalue weighted by Gasteiger charge is -2.27. The van der Waals surface area contributed by atoms with Gasteiger partial charge in [-0.2, -0.15) is 0 Å². The zero-order valence-electron chi connectivity index (χ0n) is 15.7. The highest BCUT2D eigenvalue weighted by Gasteiger charge is 2.17. The molecule has 2 aromatic heterocycles. The van der Waals surface area contributed by atoms with Crippen LogP contribution < -0.4 is 10.9 Å². The largest absolute Gasteiger partial charge is 0.379 e. The minimum Gasteiger partial charge on any atom is -0.379 e. The molecule has 7 heteroatoms. The molecule has 7 nitrogen and oxygen atoms in total. The molecule has 0 saturated carbocycles. The molecule has 3 heterocycles. The number of rotatable bonds is 4. The van der Waals surface area contributed by atoms with Crippen molar-refractivity contribution in [3.8, 4) is 0 Å². The van der Waals surface area contributed by atoms with Gasteiger partial charge in [0.05, 0.1) is 13.2 Å². The Hall–Kier alpha value is -3.03. The molecule has 28 heavy (non-hydrogen) atoms. The topological polar surface area (TPSA) is 75.9 Å². The third-order valence-corrected chi connectivity index (χ3v) is 4.93. The van der Waals surface area contributed by atoms with Crippen molar-refractivity contribution in [1.82, 2.24) is 14.3 Å². The van der Waals surface area contributed by atoms with E-state index >= 15 is 0 Å². The van der Waals surface area contributed by atoms with Crippen LogP contribution in [0.3, 0.4) is 0 Å². The Bertz CT molecular complexity index is 1070. The number of hydrogen-bond acceptors (Lipinski definition) is 5. The summed E-state index contributed by atoms with van der Waals surface area (Å²) in [6.07, 6.45) is 1.34. The zero-order chi connectivity index (χ0) is 19.5. The van der Waals surface area contributed by atoms with Crippen molar-refractivity contribution < 1.29 is 9.53 Å². The number of anilines is 1. The Morgan fingerprint density at radius 3 is 2.75 bits per heavy atom. The van der Waals surface area contributed by atoms with Crippen molar-refractivity contribution in [3.05, 3.63) is 75.8 Å². The highest BCUT2D eigenvalue weighted by atomic mass is 16.5. The second-order valence-electron chi connectivity index (χ2n) is 6.84. The number of aryl methyl sites for hydroxylation is 1. The molecule has 4 rings (SSSR count). The molecule has 1 fully saturated rings. The summed E-state index contributed by atoms with van der Waals surface area (Å²) < 4.78 is 6.85. The molecule has 1 N–H and O–H groups in total. The fourth-order valence-corrected chi connectivity index (χ4v) is 3.40. The number of nitrogens with zero attached hydrogens (tertiary/aromatic N) is 3. The van der Waals surface area contributed by atoms with Gasteiger partial charge in [-0.25, -0.2) is 4.98 Å². The second kappa shape index (κ2) is 7.92. The van der Waals surface area contributed by atoms with Crippen LogP contribution in [0.2, 0.25) is 0 Å². The average Bonchev–Trinajstić information content (AvgIpc) is 2.70. The SMILES string of the molecule is Cc1cccc2ncc(C(=O)Nc3ccccc3CN3CCOCC3)c(=O)n12. The van der Waals surface area contributed by atoms with Gasteiger partial charge < -0.3 is 10.1 Å². The smallest absolute Gasteiger partial charge is 0.270 e. The van der Waals surface area contributed by atoms with Gasteiger partial charge in [0.1, 0.15) is 11.2 Å². The number of nitrogens with one attached hydrogen (secondary N) is 1. The minimum absolute atomic E-state index is 0.0213. The van der Waals surface area contributed by atoms with Crippen molar-refractivity contribution in [1.29, 1.82) is 0 Å². The molecule has 0 atom stereocenters. The fraction of sp³-hybridized carbons (Fsp3) is 0.286. The molecule has 0 aliphatic carbocycles. The zero-order valence-corrected chi connectivity index (χ0v) is 15.7. The number of pyridine rings is 1. The predicted octanol–water partition coefficient (Wildman–Crippen LogP) is 2.09. The Morgan fingerprint density at radius 2 is 1.93 bits per heavy atom. The van der Waals surface area contributed by atoms with E-state index in [1.54, 1.807) is 6.07 Å². The summed E-state index contributed by atoms with van der Waals surface area (Å²) in [7, 11) is 0. The normalized spacial score (nSPS) is 14.9. The van der Waals surface area contributed by atoms with E-state index in [1.807, 2.05) is 43.3 Å². The number of para-hydroxylation sites is 1. The number of aromatic nitrogens is 2. The van der Waals surface area contributed by atoms with Gasteiger partial charge in [-0.05, 0) is 30.7 Å². The van der Waals surface area contributed by atoms with E-state index in [0.717, 1.165) is 24.3 Å². The monoisotopic (exact) mass is 378 g/mol. The molecule has 1 amide bonds. The summed E-state index contributed by atoms with van der Waals surface area (Å²) in [5, 5.41) is 2.89. The van der Waals surface area contributed by atoms with Gasteiger partial charge in [0, 0.05) is 37.2 Å². The maximum atomic E-state index is 12.8. The van der Waals surface area contributed by atoms with Gasteiger partial charge in [-0.1, -0.05) is 24.3 Å². The summed E-state index contributed by atoms with van der Waals surface area (Å²) in [5.74, 6) is -0.454. The molecule has 1 saturated heterocycles. The number of benzene rings is 1. The third kappa shape index (κ3) is 3.67. The van der Waals surface area contributed by atoms with E-state index in [-0.39, 0.29) is 11.1 Å². The van der Waals surface area contributed by atoms with Gasteiger partial charge in [0.25, 0.3) is 11.5 Å². The second-order valence-corrected chi connectivity index (χ2v) is 6.84.